The molecule has 0 bridgehead atoms. The van der Waals surface area contributed by atoms with Crippen molar-refractivity contribution in [3.63, 3.8) is 0 Å². The summed E-state index contributed by atoms with van der Waals surface area (Å²) >= 11 is 0. The Morgan fingerprint density at radius 1 is 1.67 bits per heavy atom. The predicted octanol–water partition coefficient (Wildman–Crippen LogP) is 0.189. The number of carbonyl (C=O) groups is 1. The van der Waals surface area contributed by atoms with Crippen molar-refractivity contribution in [1.29, 1.82) is 0 Å². The molecule has 1 heterocycles. The molecule has 66 valence electrons. The molecule has 5 heteroatoms. The van der Waals surface area contributed by atoms with E-state index >= 15 is 0 Å². The number of hydrazine groups is 1. The zero-order chi connectivity index (χ0) is 9.14. The second kappa shape index (κ2) is 3.36. The predicted molar refractivity (Wildman–Crippen MR) is 42.4 cm³/mol. The first-order valence-electron chi connectivity index (χ1n) is 3.51. The van der Waals surface area contributed by atoms with Gasteiger partial charge in [-0.1, -0.05) is 5.16 Å². The first kappa shape index (κ1) is 8.73. The molecule has 0 radical (unpaired) electrons. The van der Waals surface area contributed by atoms with Crippen molar-refractivity contribution in [2.24, 2.45) is 0 Å². The molecule has 0 fully saturated rings. The Morgan fingerprint density at radius 3 is 2.75 bits per heavy atom. The van der Waals surface area contributed by atoms with E-state index in [1.54, 1.807) is 32.1 Å². The van der Waals surface area contributed by atoms with Crippen LogP contribution in [0.15, 0.2) is 10.6 Å². The van der Waals surface area contributed by atoms with Gasteiger partial charge in [0.15, 0.2) is 0 Å². The summed E-state index contributed by atoms with van der Waals surface area (Å²) in [5.74, 6) is -0.0678. The van der Waals surface area contributed by atoms with Gasteiger partial charge >= 0.3 is 5.91 Å². The number of aryl methyl sites for hydroxylation is 1. The summed E-state index contributed by atoms with van der Waals surface area (Å²) in [6.45, 7) is 1.76. The number of hydrogen-bond acceptors (Lipinski definition) is 4. The van der Waals surface area contributed by atoms with Gasteiger partial charge in [-0.2, -0.15) is 0 Å². The lowest BCUT2D eigenvalue weighted by atomic mass is 10.4. The van der Waals surface area contributed by atoms with Crippen molar-refractivity contribution in [3.05, 3.63) is 17.5 Å². The molecular weight excluding hydrogens is 158 g/mol. The summed E-state index contributed by atoms with van der Waals surface area (Å²) in [5.41, 5.74) is 3.23. The van der Waals surface area contributed by atoms with E-state index in [9.17, 15) is 4.79 Å². The molecule has 0 aliphatic carbocycles. The summed E-state index contributed by atoms with van der Waals surface area (Å²) in [5, 5.41) is 5.13. The van der Waals surface area contributed by atoms with Crippen LogP contribution in [-0.4, -0.2) is 30.2 Å². The molecule has 0 atom stereocenters. The Balaban J connectivity index is 2.65. The Kier molecular flexibility index (Phi) is 2.44. The first-order valence-corrected chi connectivity index (χ1v) is 3.51. The fraction of sp³-hybridized carbons (Fsp3) is 0.429. The van der Waals surface area contributed by atoms with Crippen LogP contribution in [0.3, 0.4) is 0 Å². The lowest BCUT2D eigenvalue weighted by molar-refractivity contribution is 0.0818. The van der Waals surface area contributed by atoms with Crippen molar-refractivity contribution < 1.29 is 9.32 Å². The third kappa shape index (κ3) is 2.06. The van der Waals surface area contributed by atoms with Crippen molar-refractivity contribution in [2.75, 3.05) is 14.1 Å². The maximum absolute atomic E-state index is 11.2. The molecule has 5 nitrogen and oxygen atoms in total. The van der Waals surface area contributed by atoms with E-state index in [-0.39, 0.29) is 11.7 Å². The number of carbonyl (C=O) groups excluding carboxylic acids is 1. The van der Waals surface area contributed by atoms with E-state index in [0.717, 1.165) is 0 Å². The molecule has 12 heavy (non-hydrogen) atoms. The average molecular weight is 169 g/mol. The SMILES string of the molecule is Cc1cc(C(=O)NN(C)C)on1. The molecule has 0 saturated carbocycles. The summed E-state index contributed by atoms with van der Waals surface area (Å²) in [6, 6.07) is 1.58. The zero-order valence-corrected chi connectivity index (χ0v) is 7.29. The molecule has 0 aliphatic rings. The van der Waals surface area contributed by atoms with E-state index < -0.39 is 0 Å². The minimum absolute atomic E-state index is 0.223. The quantitative estimate of drug-likeness (QED) is 0.642. The summed E-state index contributed by atoms with van der Waals surface area (Å²) < 4.78 is 4.74. The number of hydrogen-bond donors (Lipinski definition) is 1. The fourth-order valence-electron chi connectivity index (χ4n) is 0.729. The van der Waals surface area contributed by atoms with Crippen LogP contribution >= 0.6 is 0 Å². The van der Waals surface area contributed by atoms with Gasteiger partial charge in [0, 0.05) is 20.2 Å². The van der Waals surface area contributed by atoms with Crippen LogP contribution in [-0.2, 0) is 0 Å². The fourth-order valence-corrected chi connectivity index (χ4v) is 0.729. The molecule has 1 N–H and O–H groups in total. The van der Waals surface area contributed by atoms with E-state index in [1.165, 1.54) is 0 Å². The van der Waals surface area contributed by atoms with Crippen LogP contribution in [0.25, 0.3) is 0 Å². The number of aromatic nitrogens is 1. The minimum Gasteiger partial charge on any atom is -0.351 e. The Hall–Kier alpha value is -1.36. The third-order valence-corrected chi connectivity index (χ3v) is 1.18. The van der Waals surface area contributed by atoms with Crippen LogP contribution in [0.2, 0.25) is 0 Å². The summed E-state index contributed by atoms with van der Waals surface area (Å²) in [7, 11) is 3.45. The average Bonchev–Trinajstić information content (AvgIpc) is 2.34. The van der Waals surface area contributed by atoms with Crippen LogP contribution < -0.4 is 5.43 Å². The van der Waals surface area contributed by atoms with Gasteiger partial charge in [0.05, 0.1) is 5.69 Å². The monoisotopic (exact) mass is 169 g/mol. The highest BCUT2D eigenvalue weighted by atomic mass is 16.5. The third-order valence-electron chi connectivity index (χ3n) is 1.18. The number of nitrogens with zero attached hydrogens (tertiary/aromatic N) is 2. The van der Waals surface area contributed by atoms with E-state index in [2.05, 4.69) is 10.6 Å². The normalized spacial score (nSPS) is 10.3. The van der Waals surface area contributed by atoms with Gasteiger partial charge in [0.25, 0.3) is 0 Å². The largest absolute Gasteiger partial charge is 0.351 e. The van der Waals surface area contributed by atoms with Gasteiger partial charge in [-0.25, -0.2) is 5.01 Å². The minimum atomic E-state index is -0.291. The standard InChI is InChI=1S/C7H11N3O2/c1-5-4-6(12-9-5)7(11)8-10(2)3/h4H,1-3H3,(H,8,11). The molecule has 1 amide bonds. The molecule has 1 rings (SSSR count). The van der Waals surface area contributed by atoms with Gasteiger partial charge in [0.1, 0.15) is 0 Å². The molecule has 0 saturated heterocycles. The van der Waals surface area contributed by atoms with E-state index in [0.29, 0.717) is 5.69 Å². The summed E-state index contributed by atoms with van der Waals surface area (Å²) in [4.78, 5) is 11.2. The maximum atomic E-state index is 11.2. The molecule has 0 aliphatic heterocycles. The van der Waals surface area contributed by atoms with Crippen LogP contribution in [0.4, 0.5) is 0 Å². The molecule has 0 unspecified atom stereocenters. The topological polar surface area (TPSA) is 58.4 Å². The molecule has 0 spiro atoms. The van der Waals surface area contributed by atoms with Crippen molar-refractivity contribution in [1.82, 2.24) is 15.6 Å². The highest BCUT2D eigenvalue weighted by molar-refractivity contribution is 5.90. The van der Waals surface area contributed by atoms with Crippen molar-refractivity contribution in [2.45, 2.75) is 6.92 Å². The number of amides is 1. The van der Waals surface area contributed by atoms with Crippen LogP contribution in [0.1, 0.15) is 16.2 Å². The summed E-state index contributed by atoms with van der Waals surface area (Å²) in [6.07, 6.45) is 0. The van der Waals surface area contributed by atoms with E-state index in [4.69, 9.17) is 4.52 Å². The van der Waals surface area contributed by atoms with Gasteiger partial charge in [0.2, 0.25) is 5.76 Å². The number of nitrogens with one attached hydrogen (secondary N) is 1. The van der Waals surface area contributed by atoms with Gasteiger partial charge < -0.3 is 4.52 Å². The second-order valence-electron chi connectivity index (χ2n) is 2.67. The highest BCUT2D eigenvalue weighted by Crippen LogP contribution is 2.00. The highest BCUT2D eigenvalue weighted by Gasteiger charge is 2.10. The van der Waals surface area contributed by atoms with Gasteiger partial charge in [-0.15, -0.1) is 0 Å². The Bertz CT molecular complexity index is 280. The maximum Gasteiger partial charge on any atom is 0.304 e. The molecular formula is C7H11N3O2. The van der Waals surface area contributed by atoms with E-state index in [1.807, 2.05) is 0 Å². The smallest absolute Gasteiger partial charge is 0.304 e. The van der Waals surface area contributed by atoms with Gasteiger partial charge in [-0.05, 0) is 6.92 Å². The first-order chi connectivity index (χ1) is 5.59. The van der Waals surface area contributed by atoms with Crippen molar-refractivity contribution >= 4 is 5.91 Å². The number of rotatable bonds is 2. The second-order valence-corrected chi connectivity index (χ2v) is 2.67. The zero-order valence-electron chi connectivity index (χ0n) is 7.29. The Morgan fingerprint density at radius 2 is 2.33 bits per heavy atom. The lowest BCUT2D eigenvalue weighted by Gasteiger charge is -2.08. The van der Waals surface area contributed by atoms with Crippen molar-refractivity contribution in [3.8, 4) is 0 Å². The van der Waals surface area contributed by atoms with Crippen LogP contribution in [0.5, 0.6) is 0 Å². The lowest BCUT2D eigenvalue weighted by Crippen LogP contribution is -2.35. The Labute approximate surface area is 70.3 Å². The molecule has 1 aromatic heterocycles. The van der Waals surface area contributed by atoms with Crippen LogP contribution in [0, 0.1) is 6.92 Å². The van der Waals surface area contributed by atoms with Gasteiger partial charge in [-0.3, -0.25) is 10.2 Å². The molecule has 0 aromatic carbocycles. The molecule has 1 aromatic rings.